The zero-order valence-corrected chi connectivity index (χ0v) is 12.3. The molecule has 0 unspecified atom stereocenters. The SMILES string of the molecule is CNCC1CCN(C(=O)C2CCCCC2)CC1.Cl. The molecular weight excluding hydrogens is 248 g/mol. The Labute approximate surface area is 117 Å². The third-order valence-corrected chi connectivity index (χ3v) is 4.37. The Hall–Kier alpha value is -0.280. The van der Waals surface area contributed by atoms with Crippen LogP contribution in [0.5, 0.6) is 0 Å². The van der Waals surface area contributed by atoms with Crippen LogP contribution in [0.2, 0.25) is 0 Å². The smallest absolute Gasteiger partial charge is 0.225 e. The molecule has 3 nitrogen and oxygen atoms in total. The Morgan fingerprint density at radius 2 is 1.72 bits per heavy atom. The lowest BCUT2D eigenvalue weighted by Gasteiger charge is -2.35. The van der Waals surface area contributed by atoms with E-state index in [1.54, 1.807) is 0 Å². The monoisotopic (exact) mass is 274 g/mol. The van der Waals surface area contributed by atoms with Crippen LogP contribution in [0.4, 0.5) is 0 Å². The van der Waals surface area contributed by atoms with Gasteiger partial charge in [-0.25, -0.2) is 0 Å². The standard InChI is InChI=1S/C14H26N2O.ClH/c1-15-11-12-7-9-16(10-8-12)14(17)13-5-3-2-4-6-13;/h12-13,15H,2-11H2,1H3;1H. The van der Waals surface area contributed by atoms with Crippen LogP contribution in [0.25, 0.3) is 0 Å². The van der Waals surface area contributed by atoms with Crippen molar-refractivity contribution in [3.63, 3.8) is 0 Å². The summed E-state index contributed by atoms with van der Waals surface area (Å²) in [5.41, 5.74) is 0. The molecule has 0 aromatic carbocycles. The van der Waals surface area contributed by atoms with Gasteiger partial charge in [0.2, 0.25) is 5.91 Å². The molecule has 4 heteroatoms. The van der Waals surface area contributed by atoms with Gasteiger partial charge >= 0.3 is 0 Å². The molecule has 1 heterocycles. The van der Waals surface area contributed by atoms with E-state index in [-0.39, 0.29) is 12.4 Å². The Morgan fingerprint density at radius 1 is 1.11 bits per heavy atom. The van der Waals surface area contributed by atoms with Crippen molar-refractivity contribution in [2.45, 2.75) is 44.9 Å². The molecule has 1 amide bonds. The Kier molecular flexibility index (Phi) is 7.02. The van der Waals surface area contributed by atoms with Crippen molar-refractivity contribution in [2.75, 3.05) is 26.7 Å². The summed E-state index contributed by atoms with van der Waals surface area (Å²) in [4.78, 5) is 14.5. The van der Waals surface area contributed by atoms with E-state index in [9.17, 15) is 4.79 Å². The Morgan fingerprint density at radius 3 is 2.28 bits per heavy atom. The van der Waals surface area contributed by atoms with Crippen LogP contribution >= 0.6 is 12.4 Å². The van der Waals surface area contributed by atoms with Crippen LogP contribution in [0.3, 0.4) is 0 Å². The van der Waals surface area contributed by atoms with Gasteiger partial charge in [0.15, 0.2) is 0 Å². The predicted octanol–water partition coefficient (Wildman–Crippen LogP) is 2.45. The van der Waals surface area contributed by atoms with Gasteiger partial charge in [-0.15, -0.1) is 12.4 Å². The van der Waals surface area contributed by atoms with Crippen molar-refractivity contribution in [1.29, 1.82) is 0 Å². The van der Waals surface area contributed by atoms with Crippen LogP contribution in [0.15, 0.2) is 0 Å². The first-order valence-electron chi connectivity index (χ1n) is 7.24. The summed E-state index contributed by atoms with van der Waals surface area (Å²) in [6, 6.07) is 0. The first-order chi connectivity index (χ1) is 8.31. The lowest BCUT2D eigenvalue weighted by Crippen LogP contribution is -2.43. The van der Waals surface area contributed by atoms with Gasteiger partial charge in [0.1, 0.15) is 0 Å². The highest BCUT2D eigenvalue weighted by atomic mass is 35.5. The number of carbonyl (C=O) groups excluding carboxylic acids is 1. The van der Waals surface area contributed by atoms with Crippen molar-refractivity contribution in [3.8, 4) is 0 Å². The Balaban J connectivity index is 0.00000162. The van der Waals surface area contributed by atoms with E-state index in [1.165, 1.54) is 32.1 Å². The summed E-state index contributed by atoms with van der Waals surface area (Å²) in [5.74, 6) is 1.58. The predicted molar refractivity (Wildman–Crippen MR) is 77.1 cm³/mol. The van der Waals surface area contributed by atoms with Gasteiger partial charge in [-0.1, -0.05) is 19.3 Å². The van der Waals surface area contributed by atoms with Gasteiger partial charge in [-0.3, -0.25) is 4.79 Å². The van der Waals surface area contributed by atoms with E-state index in [1.807, 2.05) is 7.05 Å². The van der Waals surface area contributed by atoms with Gasteiger partial charge in [-0.2, -0.15) is 0 Å². The maximum Gasteiger partial charge on any atom is 0.225 e. The first kappa shape index (κ1) is 15.8. The number of rotatable bonds is 3. The van der Waals surface area contributed by atoms with Gasteiger partial charge in [0, 0.05) is 19.0 Å². The number of amides is 1. The molecule has 2 fully saturated rings. The molecule has 1 aliphatic carbocycles. The number of likely N-dealkylation sites (tertiary alicyclic amines) is 1. The average molecular weight is 275 g/mol. The van der Waals surface area contributed by atoms with Crippen molar-refractivity contribution in [1.82, 2.24) is 10.2 Å². The maximum absolute atomic E-state index is 12.3. The zero-order chi connectivity index (χ0) is 12.1. The summed E-state index contributed by atoms with van der Waals surface area (Å²) in [6.45, 7) is 3.08. The van der Waals surface area contributed by atoms with Crippen molar-refractivity contribution >= 4 is 18.3 Å². The van der Waals surface area contributed by atoms with Crippen molar-refractivity contribution < 1.29 is 4.79 Å². The summed E-state index contributed by atoms with van der Waals surface area (Å²) < 4.78 is 0. The fraction of sp³-hybridized carbons (Fsp3) is 0.929. The number of nitrogens with one attached hydrogen (secondary N) is 1. The molecule has 0 radical (unpaired) electrons. The van der Waals surface area contributed by atoms with Crippen LogP contribution in [0.1, 0.15) is 44.9 Å². The molecular formula is C14H27ClN2O. The molecule has 18 heavy (non-hydrogen) atoms. The fourth-order valence-corrected chi connectivity index (χ4v) is 3.25. The molecule has 0 spiro atoms. The molecule has 0 aromatic heterocycles. The molecule has 0 bridgehead atoms. The number of halogens is 1. The first-order valence-corrected chi connectivity index (χ1v) is 7.24. The number of hydrogen-bond donors (Lipinski definition) is 1. The average Bonchev–Trinajstić information content (AvgIpc) is 2.40. The fourth-order valence-electron chi connectivity index (χ4n) is 3.25. The van der Waals surface area contributed by atoms with E-state index in [0.717, 1.165) is 38.4 Å². The van der Waals surface area contributed by atoms with E-state index in [4.69, 9.17) is 0 Å². The van der Waals surface area contributed by atoms with Gasteiger partial charge in [0.25, 0.3) is 0 Å². The second kappa shape index (κ2) is 8.00. The Bertz CT molecular complexity index is 246. The molecule has 1 aliphatic heterocycles. The van der Waals surface area contributed by atoms with E-state index in [0.29, 0.717) is 11.8 Å². The minimum Gasteiger partial charge on any atom is -0.342 e. The summed E-state index contributed by atoms with van der Waals surface area (Å²) >= 11 is 0. The van der Waals surface area contributed by atoms with Crippen LogP contribution in [0, 0.1) is 11.8 Å². The van der Waals surface area contributed by atoms with Crippen LogP contribution in [-0.2, 0) is 4.79 Å². The third kappa shape index (κ3) is 4.13. The molecule has 1 saturated heterocycles. The normalized spacial score (nSPS) is 22.6. The lowest BCUT2D eigenvalue weighted by molar-refractivity contribution is -0.138. The highest BCUT2D eigenvalue weighted by molar-refractivity contribution is 5.85. The molecule has 2 aliphatic rings. The van der Waals surface area contributed by atoms with E-state index in [2.05, 4.69) is 10.2 Å². The molecule has 106 valence electrons. The topological polar surface area (TPSA) is 32.3 Å². The molecule has 0 aromatic rings. The second-order valence-electron chi connectivity index (χ2n) is 5.66. The van der Waals surface area contributed by atoms with Crippen molar-refractivity contribution in [2.24, 2.45) is 11.8 Å². The van der Waals surface area contributed by atoms with E-state index >= 15 is 0 Å². The third-order valence-electron chi connectivity index (χ3n) is 4.37. The lowest BCUT2D eigenvalue weighted by atomic mass is 9.87. The maximum atomic E-state index is 12.3. The molecule has 1 N–H and O–H groups in total. The van der Waals surface area contributed by atoms with Gasteiger partial charge in [0.05, 0.1) is 0 Å². The largest absolute Gasteiger partial charge is 0.342 e. The second-order valence-corrected chi connectivity index (χ2v) is 5.66. The highest BCUT2D eigenvalue weighted by Gasteiger charge is 2.28. The zero-order valence-electron chi connectivity index (χ0n) is 11.5. The molecule has 2 rings (SSSR count). The van der Waals surface area contributed by atoms with Crippen LogP contribution in [-0.4, -0.2) is 37.5 Å². The van der Waals surface area contributed by atoms with Crippen molar-refractivity contribution in [3.05, 3.63) is 0 Å². The van der Waals surface area contributed by atoms with Gasteiger partial charge in [-0.05, 0) is 45.2 Å². The number of hydrogen-bond acceptors (Lipinski definition) is 2. The number of carbonyl (C=O) groups is 1. The number of nitrogens with zero attached hydrogens (tertiary/aromatic N) is 1. The van der Waals surface area contributed by atoms with Crippen LogP contribution < -0.4 is 5.32 Å². The highest BCUT2D eigenvalue weighted by Crippen LogP contribution is 2.27. The van der Waals surface area contributed by atoms with E-state index < -0.39 is 0 Å². The molecule has 1 saturated carbocycles. The summed E-state index contributed by atoms with van der Waals surface area (Å²) in [5, 5.41) is 3.24. The summed E-state index contributed by atoms with van der Waals surface area (Å²) in [6.07, 6.45) is 8.47. The van der Waals surface area contributed by atoms with Gasteiger partial charge < -0.3 is 10.2 Å². The summed E-state index contributed by atoms with van der Waals surface area (Å²) in [7, 11) is 2.01. The minimum atomic E-state index is 0. The quantitative estimate of drug-likeness (QED) is 0.857. The molecule has 0 atom stereocenters. The minimum absolute atomic E-state index is 0. The number of piperidine rings is 1.